The standard InChI is InChI=1S/C24H22N2O5S/c1-14-9-11-32-23(14)20-19(21(27)15-7-8-17(30-2)18(12-15)31-3)22(28)24(29)26(20)13-16-6-4-5-10-25-16/h4-12,20,27H,13H2,1-3H3/b21-19-. The lowest BCUT2D eigenvalue weighted by Gasteiger charge is -2.24. The lowest BCUT2D eigenvalue weighted by molar-refractivity contribution is -0.140. The Morgan fingerprint density at radius 1 is 1.12 bits per heavy atom. The molecule has 0 bridgehead atoms. The van der Waals surface area contributed by atoms with Gasteiger partial charge in [-0.25, -0.2) is 0 Å². The van der Waals surface area contributed by atoms with E-state index in [9.17, 15) is 14.7 Å². The summed E-state index contributed by atoms with van der Waals surface area (Å²) in [7, 11) is 3.00. The van der Waals surface area contributed by atoms with Crippen LogP contribution in [0.15, 0.2) is 59.6 Å². The number of rotatable bonds is 6. The number of aliphatic hydroxyl groups excluding tert-OH is 1. The number of carbonyl (C=O) groups is 2. The molecule has 1 aliphatic rings. The molecule has 8 heteroatoms. The van der Waals surface area contributed by atoms with Crippen molar-refractivity contribution in [2.45, 2.75) is 19.5 Å². The highest BCUT2D eigenvalue weighted by molar-refractivity contribution is 7.10. The summed E-state index contributed by atoms with van der Waals surface area (Å²) in [6.07, 6.45) is 1.64. The Balaban J connectivity index is 1.86. The van der Waals surface area contributed by atoms with Gasteiger partial charge in [0.25, 0.3) is 11.7 Å². The van der Waals surface area contributed by atoms with Gasteiger partial charge in [0.05, 0.1) is 32.0 Å². The fourth-order valence-corrected chi connectivity index (χ4v) is 4.83. The van der Waals surface area contributed by atoms with E-state index < -0.39 is 17.7 Å². The maximum Gasteiger partial charge on any atom is 0.296 e. The van der Waals surface area contributed by atoms with Gasteiger partial charge >= 0.3 is 0 Å². The third-order valence-corrected chi connectivity index (χ3v) is 6.48. The lowest BCUT2D eigenvalue weighted by atomic mass is 9.98. The molecular formula is C24H22N2O5S. The predicted molar refractivity (Wildman–Crippen MR) is 121 cm³/mol. The maximum absolute atomic E-state index is 13.1. The van der Waals surface area contributed by atoms with Crippen molar-refractivity contribution in [3.63, 3.8) is 0 Å². The molecule has 1 unspecified atom stereocenters. The number of pyridine rings is 1. The van der Waals surface area contributed by atoms with Crippen molar-refractivity contribution in [2.24, 2.45) is 0 Å². The smallest absolute Gasteiger partial charge is 0.296 e. The van der Waals surface area contributed by atoms with E-state index in [0.717, 1.165) is 10.4 Å². The number of aliphatic hydroxyl groups is 1. The summed E-state index contributed by atoms with van der Waals surface area (Å²) in [5.74, 6) is -0.763. The first-order chi connectivity index (χ1) is 15.5. The number of likely N-dealkylation sites (tertiary alicyclic amines) is 1. The number of hydrogen-bond acceptors (Lipinski definition) is 7. The van der Waals surface area contributed by atoms with E-state index in [0.29, 0.717) is 22.8 Å². The number of Topliss-reactive ketones (excluding diaryl/α,β-unsaturated/α-hetero) is 1. The maximum atomic E-state index is 13.1. The van der Waals surface area contributed by atoms with Crippen molar-refractivity contribution in [2.75, 3.05) is 14.2 Å². The van der Waals surface area contributed by atoms with Gasteiger partial charge in [0.15, 0.2) is 11.5 Å². The van der Waals surface area contributed by atoms with Crippen LogP contribution in [0.3, 0.4) is 0 Å². The molecule has 0 aliphatic carbocycles. The van der Waals surface area contributed by atoms with Gasteiger partial charge in [0.1, 0.15) is 11.8 Å². The molecule has 7 nitrogen and oxygen atoms in total. The average Bonchev–Trinajstić information content (AvgIpc) is 3.34. The summed E-state index contributed by atoms with van der Waals surface area (Å²) in [4.78, 5) is 32.8. The summed E-state index contributed by atoms with van der Waals surface area (Å²) >= 11 is 1.44. The molecule has 4 rings (SSSR count). The molecule has 1 atom stereocenters. The Kier molecular flexibility index (Phi) is 5.96. The van der Waals surface area contributed by atoms with E-state index in [2.05, 4.69) is 4.98 Å². The third kappa shape index (κ3) is 3.73. The minimum Gasteiger partial charge on any atom is -0.507 e. The van der Waals surface area contributed by atoms with Crippen LogP contribution in [0.2, 0.25) is 0 Å². The zero-order valence-corrected chi connectivity index (χ0v) is 18.7. The zero-order chi connectivity index (χ0) is 22.8. The Morgan fingerprint density at radius 2 is 1.91 bits per heavy atom. The van der Waals surface area contributed by atoms with E-state index in [-0.39, 0.29) is 17.9 Å². The number of thiophene rings is 1. The third-order valence-electron chi connectivity index (χ3n) is 5.41. The second-order valence-electron chi connectivity index (χ2n) is 7.29. The van der Waals surface area contributed by atoms with Gasteiger partial charge in [0, 0.05) is 16.6 Å². The minimum atomic E-state index is -0.731. The molecular weight excluding hydrogens is 428 g/mol. The Morgan fingerprint density at radius 3 is 2.53 bits per heavy atom. The number of hydrogen-bond donors (Lipinski definition) is 1. The monoisotopic (exact) mass is 450 g/mol. The van der Waals surface area contributed by atoms with Crippen LogP contribution in [0.4, 0.5) is 0 Å². The van der Waals surface area contributed by atoms with E-state index >= 15 is 0 Å². The highest BCUT2D eigenvalue weighted by Crippen LogP contribution is 2.43. The van der Waals surface area contributed by atoms with Gasteiger partial charge in [0.2, 0.25) is 0 Å². The molecule has 3 heterocycles. The fourth-order valence-electron chi connectivity index (χ4n) is 3.79. The first-order valence-electron chi connectivity index (χ1n) is 9.91. The second kappa shape index (κ2) is 8.84. The summed E-state index contributed by atoms with van der Waals surface area (Å²) in [5.41, 5.74) is 1.99. The van der Waals surface area contributed by atoms with Crippen LogP contribution in [0, 0.1) is 6.92 Å². The number of methoxy groups -OCH3 is 2. The van der Waals surface area contributed by atoms with Crippen molar-refractivity contribution >= 4 is 28.8 Å². The van der Waals surface area contributed by atoms with Crippen molar-refractivity contribution in [1.29, 1.82) is 0 Å². The molecule has 164 valence electrons. The molecule has 1 aromatic carbocycles. The highest BCUT2D eigenvalue weighted by Gasteiger charge is 2.47. The Hall–Kier alpha value is -3.65. The van der Waals surface area contributed by atoms with Gasteiger partial charge in [-0.05, 0) is 54.3 Å². The number of ether oxygens (including phenoxy) is 2. The number of ketones is 1. The number of amides is 1. The quantitative estimate of drug-likeness (QED) is 0.346. The van der Waals surface area contributed by atoms with Crippen molar-refractivity contribution in [3.8, 4) is 11.5 Å². The molecule has 1 fully saturated rings. The lowest BCUT2D eigenvalue weighted by Crippen LogP contribution is -2.29. The molecule has 0 saturated carbocycles. The fraction of sp³-hybridized carbons (Fsp3) is 0.208. The highest BCUT2D eigenvalue weighted by atomic mass is 32.1. The summed E-state index contributed by atoms with van der Waals surface area (Å²) in [5, 5.41) is 13.1. The molecule has 0 spiro atoms. The van der Waals surface area contributed by atoms with Crippen LogP contribution in [-0.2, 0) is 16.1 Å². The summed E-state index contributed by atoms with van der Waals surface area (Å²) < 4.78 is 10.6. The first kappa shape index (κ1) is 21.6. The predicted octanol–water partition coefficient (Wildman–Crippen LogP) is 4.09. The van der Waals surface area contributed by atoms with Crippen LogP contribution in [0.1, 0.15) is 27.7 Å². The summed E-state index contributed by atoms with van der Waals surface area (Å²) in [6.45, 7) is 2.07. The second-order valence-corrected chi connectivity index (χ2v) is 8.23. The van der Waals surface area contributed by atoms with Gasteiger partial charge < -0.3 is 19.5 Å². The van der Waals surface area contributed by atoms with Crippen LogP contribution < -0.4 is 9.47 Å². The van der Waals surface area contributed by atoms with Crippen molar-refractivity contribution in [1.82, 2.24) is 9.88 Å². The molecule has 1 saturated heterocycles. The van der Waals surface area contributed by atoms with Crippen molar-refractivity contribution < 1.29 is 24.2 Å². The topological polar surface area (TPSA) is 89.0 Å². The van der Waals surface area contributed by atoms with Crippen LogP contribution in [0.25, 0.3) is 5.76 Å². The molecule has 1 aliphatic heterocycles. The van der Waals surface area contributed by atoms with Crippen LogP contribution >= 0.6 is 11.3 Å². The number of aryl methyl sites for hydroxylation is 1. The summed E-state index contributed by atoms with van der Waals surface area (Å²) in [6, 6.07) is 11.5. The van der Waals surface area contributed by atoms with E-state index in [1.165, 1.54) is 30.5 Å². The molecule has 1 N–H and O–H groups in total. The minimum absolute atomic E-state index is 0.0451. The first-order valence-corrected chi connectivity index (χ1v) is 10.8. The zero-order valence-electron chi connectivity index (χ0n) is 17.9. The Labute approximate surface area is 189 Å². The largest absolute Gasteiger partial charge is 0.507 e. The molecule has 3 aromatic rings. The molecule has 0 radical (unpaired) electrons. The van der Waals surface area contributed by atoms with Gasteiger partial charge in [-0.15, -0.1) is 11.3 Å². The van der Waals surface area contributed by atoms with Gasteiger partial charge in [-0.1, -0.05) is 6.07 Å². The number of carbonyl (C=O) groups excluding carboxylic acids is 2. The van der Waals surface area contributed by atoms with E-state index in [1.54, 1.807) is 36.5 Å². The number of benzene rings is 1. The van der Waals surface area contributed by atoms with Crippen LogP contribution in [-0.4, -0.2) is 40.9 Å². The SMILES string of the molecule is COc1ccc(/C(O)=C2/C(=O)C(=O)N(Cc3ccccn3)C2c2sccc2C)cc1OC. The van der Waals surface area contributed by atoms with Gasteiger partial charge in [-0.2, -0.15) is 0 Å². The average molecular weight is 451 g/mol. The normalized spacial score (nSPS) is 17.6. The van der Waals surface area contributed by atoms with Crippen LogP contribution in [0.5, 0.6) is 11.5 Å². The van der Waals surface area contributed by atoms with Gasteiger partial charge in [-0.3, -0.25) is 14.6 Å². The molecule has 2 aromatic heterocycles. The van der Waals surface area contributed by atoms with E-state index in [4.69, 9.17) is 9.47 Å². The van der Waals surface area contributed by atoms with Crippen molar-refractivity contribution in [3.05, 3.63) is 81.3 Å². The number of nitrogens with zero attached hydrogens (tertiary/aromatic N) is 2. The van der Waals surface area contributed by atoms with E-state index in [1.807, 2.05) is 24.4 Å². The molecule has 32 heavy (non-hydrogen) atoms. The molecule has 1 amide bonds. The number of aromatic nitrogens is 1. The Bertz CT molecular complexity index is 1200.